The van der Waals surface area contributed by atoms with Crippen LogP contribution in [0, 0.1) is 6.92 Å². The lowest BCUT2D eigenvalue weighted by molar-refractivity contribution is -0.116. The molecule has 28 heavy (non-hydrogen) atoms. The van der Waals surface area contributed by atoms with Gasteiger partial charge in [0.05, 0.1) is 17.7 Å². The van der Waals surface area contributed by atoms with Crippen LogP contribution in [-0.2, 0) is 27.8 Å². The molecule has 146 valence electrons. The average Bonchev–Trinajstić information content (AvgIpc) is 3.19. The van der Waals surface area contributed by atoms with Crippen LogP contribution in [0.2, 0.25) is 0 Å². The fraction of sp³-hybridized carbons (Fsp3) is 0.190. The topological polar surface area (TPSA) is 88.4 Å². The molecule has 0 spiro atoms. The number of amides is 1. The Hall–Kier alpha value is -2.90. The van der Waals surface area contributed by atoms with E-state index in [0.29, 0.717) is 24.3 Å². The highest BCUT2D eigenvalue weighted by Gasteiger charge is 2.15. The maximum Gasteiger partial charge on any atom is 0.241 e. The first-order chi connectivity index (χ1) is 13.4. The van der Waals surface area contributed by atoms with Gasteiger partial charge in [-0.25, -0.2) is 13.1 Å². The number of sulfonamides is 1. The van der Waals surface area contributed by atoms with Gasteiger partial charge >= 0.3 is 0 Å². The van der Waals surface area contributed by atoms with Crippen molar-refractivity contribution in [3.8, 4) is 0 Å². The molecule has 0 atom stereocenters. The molecule has 3 aromatic rings. The fourth-order valence-electron chi connectivity index (χ4n) is 2.75. The van der Waals surface area contributed by atoms with Gasteiger partial charge < -0.3 is 9.73 Å². The van der Waals surface area contributed by atoms with Crippen molar-refractivity contribution in [2.45, 2.75) is 31.2 Å². The second-order valence-corrected chi connectivity index (χ2v) is 8.24. The van der Waals surface area contributed by atoms with Gasteiger partial charge in [-0.1, -0.05) is 35.9 Å². The standard InChI is InChI=1S/C21H22N2O4S/c1-16-5-2-6-17(13-16)10-11-21(24)23-18-7-3-9-20(14-18)28(25,26)22-15-19-8-4-12-27-19/h2-9,12-14,22H,10-11,15H2,1H3,(H,23,24). The summed E-state index contributed by atoms with van der Waals surface area (Å²) in [5.41, 5.74) is 2.68. The van der Waals surface area contributed by atoms with Gasteiger partial charge in [0.25, 0.3) is 0 Å². The highest BCUT2D eigenvalue weighted by Crippen LogP contribution is 2.17. The zero-order valence-electron chi connectivity index (χ0n) is 15.5. The molecule has 7 heteroatoms. The Morgan fingerprint density at radius 2 is 1.86 bits per heavy atom. The van der Waals surface area contributed by atoms with Crippen molar-refractivity contribution in [3.05, 3.63) is 83.8 Å². The Labute approximate surface area is 164 Å². The van der Waals surface area contributed by atoms with E-state index in [9.17, 15) is 13.2 Å². The molecule has 0 bridgehead atoms. The molecule has 0 aliphatic carbocycles. The Morgan fingerprint density at radius 1 is 1.04 bits per heavy atom. The van der Waals surface area contributed by atoms with Gasteiger partial charge in [0, 0.05) is 12.1 Å². The number of furan rings is 1. The maximum atomic E-state index is 12.4. The third-order valence-electron chi connectivity index (χ3n) is 4.17. The first kappa shape index (κ1) is 19.9. The predicted molar refractivity (Wildman–Crippen MR) is 107 cm³/mol. The van der Waals surface area contributed by atoms with Gasteiger partial charge in [-0.15, -0.1) is 0 Å². The summed E-state index contributed by atoms with van der Waals surface area (Å²) in [6.45, 7) is 2.07. The van der Waals surface area contributed by atoms with Crippen molar-refractivity contribution < 1.29 is 17.6 Å². The average molecular weight is 398 g/mol. The van der Waals surface area contributed by atoms with Gasteiger partial charge in [0.2, 0.25) is 15.9 Å². The highest BCUT2D eigenvalue weighted by molar-refractivity contribution is 7.89. The number of nitrogens with one attached hydrogen (secondary N) is 2. The number of aryl methyl sites for hydroxylation is 2. The minimum atomic E-state index is -3.72. The normalized spacial score (nSPS) is 11.3. The van der Waals surface area contributed by atoms with Crippen molar-refractivity contribution >= 4 is 21.6 Å². The van der Waals surface area contributed by atoms with Crippen LogP contribution in [0.1, 0.15) is 23.3 Å². The molecule has 0 fully saturated rings. The third kappa shape index (κ3) is 5.55. The van der Waals surface area contributed by atoms with E-state index in [1.54, 1.807) is 24.3 Å². The second-order valence-electron chi connectivity index (χ2n) is 6.47. The van der Waals surface area contributed by atoms with Crippen LogP contribution >= 0.6 is 0 Å². The third-order valence-corrected chi connectivity index (χ3v) is 5.57. The molecule has 0 aliphatic rings. The van der Waals surface area contributed by atoms with Gasteiger partial charge in [0.1, 0.15) is 5.76 Å². The number of hydrogen-bond donors (Lipinski definition) is 2. The summed E-state index contributed by atoms with van der Waals surface area (Å²) >= 11 is 0. The smallest absolute Gasteiger partial charge is 0.241 e. The Morgan fingerprint density at radius 3 is 2.61 bits per heavy atom. The molecule has 0 radical (unpaired) electrons. The molecule has 2 aromatic carbocycles. The Balaban J connectivity index is 1.59. The number of carbonyl (C=O) groups is 1. The SMILES string of the molecule is Cc1cccc(CCC(=O)Nc2cccc(S(=O)(=O)NCc3ccco3)c2)c1. The molecule has 1 heterocycles. The van der Waals surface area contributed by atoms with E-state index in [4.69, 9.17) is 4.42 Å². The molecule has 1 aromatic heterocycles. The highest BCUT2D eigenvalue weighted by atomic mass is 32.2. The molecule has 2 N–H and O–H groups in total. The first-order valence-corrected chi connectivity index (χ1v) is 10.4. The molecule has 6 nitrogen and oxygen atoms in total. The van der Waals surface area contributed by atoms with Crippen LogP contribution in [0.15, 0.2) is 76.2 Å². The summed E-state index contributed by atoms with van der Waals surface area (Å²) in [5.74, 6) is 0.351. The lowest BCUT2D eigenvalue weighted by Crippen LogP contribution is -2.23. The van der Waals surface area contributed by atoms with Gasteiger partial charge in [-0.2, -0.15) is 0 Å². The quantitative estimate of drug-likeness (QED) is 0.606. The van der Waals surface area contributed by atoms with Gasteiger partial charge in [-0.05, 0) is 49.2 Å². The van der Waals surface area contributed by atoms with Crippen molar-refractivity contribution in [1.29, 1.82) is 0 Å². The molecular formula is C21H22N2O4S. The minimum absolute atomic E-state index is 0.0579. The Bertz CT molecular complexity index is 1040. The number of carbonyl (C=O) groups excluding carboxylic acids is 1. The number of hydrogen-bond acceptors (Lipinski definition) is 4. The van der Waals surface area contributed by atoms with E-state index in [1.807, 2.05) is 31.2 Å². The van der Waals surface area contributed by atoms with Crippen LogP contribution < -0.4 is 10.0 Å². The molecule has 0 unspecified atom stereocenters. The van der Waals surface area contributed by atoms with Gasteiger partial charge in [-0.3, -0.25) is 4.79 Å². The van der Waals surface area contributed by atoms with Crippen LogP contribution in [0.5, 0.6) is 0 Å². The maximum absolute atomic E-state index is 12.4. The summed E-state index contributed by atoms with van der Waals surface area (Å²) < 4.78 is 32.5. The van der Waals surface area contributed by atoms with Crippen LogP contribution in [-0.4, -0.2) is 14.3 Å². The van der Waals surface area contributed by atoms with E-state index in [1.165, 1.54) is 18.4 Å². The molecule has 0 saturated carbocycles. The first-order valence-electron chi connectivity index (χ1n) is 8.90. The molecular weight excluding hydrogens is 376 g/mol. The van der Waals surface area contributed by atoms with E-state index >= 15 is 0 Å². The number of anilines is 1. The lowest BCUT2D eigenvalue weighted by atomic mass is 10.1. The molecule has 1 amide bonds. The number of rotatable bonds is 8. The summed E-state index contributed by atoms with van der Waals surface area (Å²) in [4.78, 5) is 12.3. The largest absolute Gasteiger partial charge is 0.468 e. The molecule has 0 saturated heterocycles. The van der Waals surface area contributed by atoms with E-state index < -0.39 is 10.0 Å². The van der Waals surface area contributed by atoms with Crippen LogP contribution in [0.25, 0.3) is 0 Å². The minimum Gasteiger partial charge on any atom is -0.468 e. The molecule has 0 aliphatic heterocycles. The van der Waals surface area contributed by atoms with E-state index in [2.05, 4.69) is 10.0 Å². The summed E-state index contributed by atoms with van der Waals surface area (Å²) in [5, 5.41) is 2.76. The zero-order chi connectivity index (χ0) is 20.0. The summed E-state index contributed by atoms with van der Waals surface area (Å²) in [6.07, 6.45) is 2.42. The van der Waals surface area contributed by atoms with E-state index in [0.717, 1.165) is 11.1 Å². The second kappa shape index (κ2) is 8.86. The molecule has 3 rings (SSSR count). The van der Waals surface area contributed by atoms with Crippen molar-refractivity contribution in [2.24, 2.45) is 0 Å². The van der Waals surface area contributed by atoms with Crippen LogP contribution in [0.4, 0.5) is 5.69 Å². The lowest BCUT2D eigenvalue weighted by Gasteiger charge is -2.09. The monoisotopic (exact) mass is 398 g/mol. The predicted octanol–water partition coefficient (Wildman–Crippen LogP) is 3.64. The van der Waals surface area contributed by atoms with Crippen molar-refractivity contribution in [3.63, 3.8) is 0 Å². The van der Waals surface area contributed by atoms with Crippen molar-refractivity contribution in [2.75, 3.05) is 5.32 Å². The van der Waals surface area contributed by atoms with Crippen LogP contribution in [0.3, 0.4) is 0 Å². The van der Waals surface area contributed by atoms with Crippen molar-refractivity contribution in [1.82, 2.24) is 4.72 Å². The fourth-order valence-corrected chi connectivity index (χ4v) is 3.79. The summed E-state index contributed by atoms with van der Waals surface area (Å²) in [6, 6.07) is 17.6. The Kier molecular flexibility index (Phi) is 6.28. The van der Waals surface area contributed by atoms with Gasteiger partial charge in [0.15, 0.2) is 0 Å². The number of benzene rings is 2. The van der Waals surface area contributed by atoms with E-state index in [-0.39, 0.29) is 17.3 Å². The zero-order valence-corrected chi connectivity index (χ0v) is 16.3. The summed E-state index contributed by atoms with van der Waals surface area (Å²) in [7, 11) is -3.72.